The Kier molecular flexibility index (Phi) is 33.0. The van der Waals surface area contributed by atoms with Gasteiger partial charge in [0.25, 0.3) is 0 Å². The molecule has 46 heavy (non-hydrogen) atoms. The summed E-state index contributed by atoms with van der Waals surface area (Å²) >= 11 is 0. The Morgan fingerprint density at radius 2 is 1.17 bits per heavy atom. The second-order valence-electron chi connectivity index (χ2n) is 12.2. The molecule has 0 amide bonds. The van der Waals surface area contributed by atoms with E-state index < -0.39 is 39.2 Å². The van der Waals surface area contributed by atoms with Crippen molar-refractivity contribution in [3.8, 4) is 0 Å². The number of carbonyl (C=O) groups is 1. The number of hydrogen-bond donors (Lipinski definition) is 3. The normalized spacial score (nSPS) is 14.6. The van der Waals surface area contributed by atoms with Crippen molar-refractivity contribution < 1.29 is 43.0 Å². The summed E-state index contributed by atoms with van der Waals surface area (Å²) in [6.07, 6.45) is 31.5. The third-order valence-corrected chi connectivity index (χ3v) is 8.59. The van der Waals surface area contributed by atoms with Gasteiger partial charge in [0.1, 0.15) is 12.2 Å². The minimum Gasteiger partial charge on any atom is -0.457 e. The van der Waals surface area contributed by atoms with Crippen molar-refractivity contribution in [3.05, 3.63) is 24.3 Å². The molecule has 0 aromatic carbocycles. The predicted molar refractivity (Wildman–Crippen MR) is 187 cm³/mol. The third kappa shape index (κ3) is 32.9. The molecular formula is C36H69O9P. The molecule has 0 fully saturated rings. The molecule has 0 aromatic heterocycles. The van der Waals surface area contributed by atoms with Crippen molar-refractivity contribution in [2.24, 2.45) is 0 Å². The van der Waals surface area contributed by atoms with Crippen LogP contribution in [0, 0.1) is 0 Å². The standard InChI is InChI=1S/C36H69O9P/c1-3-5-7-9-11-13-14-15-16-17-18-19-20-21-23-25-27-29-42-32-35(33-44-46(40,41)43-31-34(38)30-37)45-36(39)28-26-24-22-12-10-8-6-4-2/h13-14,16-17,34-35,37-38H,3-12,15,18-33H2,1-2H3,(H,40,41)/b14-13-,17-16-. The highest BCUT2D eigenvalue weighted by atomic mass is 31.2. The van der Waals surface area contributed by atoms with Crippen LogP contribution in [-0.2, 0) is 27.9 Å². The number of esters is 1. The summed E-state index contributed by atoms with van der Waals surface area (Å²) in [5.41, 5.74) is 0. The van der Waals surface area contributed by atoms with Crippen LogP contribution in [0.3, 0.4) is 0 Å². The Morgan fingerprint density at radius 1 is 0.674 bits per heavy atom. The summed E-state index contributed by atoms with van der Waals surface area (Å²) in [6, 6.07) is 0. The largest absolute Gasteiger partial charge is 0.472 e. The second-order valence-corrected chi connectivity index (χ2v) is 13.7. The Balaban J connectivity index is 4.19. The lowest BCUT2D eigenvalue weighted by Gasteiger charge is -2.20. The van der Waals surface area contributed by atoms with Crippen molar-refractivity contribution in [1.29, 1.82) is 0 Å². The van der Waals surface area contributed by atoms with Crippen molar-refractivity contribution >= 4 is 13.8 Å². The van der Waals surface area contributed by atoms with E-state index in [1.807, 2.05) is 0 Å². The second kappa shape index (κ2) is 33.8. The van der Waals surface area contributed by atoms with Gasteiger partial charge in [-0.15, -0.1) is 0 Å². The Morgan fingerprint density at radius 3 is 1.76 bits per heavy atom. The lowest BCUT2D eigenvalue weighted by Crippen LogP contribution is -2.29. The van der Waals surface area contributed by atoms with Gasteiger partial charge in [0.2, 0.25) is 0 Å². The highest BCUT2D eigenvalue weighted by Gasteiger charge is 2.26. The van der Waals surface area contributed by atoms with E-state index >= 15 is 0 Å². The van der Waals surface area contributed by atoms with E-state index in [4.69, 9.17) is 23.6 Å². The zero-order chi connectivity index (χ0) is 34.0. The Bertz CT molecular complexity index is 775. The third-order valence-electron chi connectivity index (χ3n) is 7.64. The molecule has 0 saturated heterocycles. The van der Waals surface area contributed by atoms with E-state index in [1.165, 1.54) is 83.5 Å². The van der Waals surface area contributed by atoms with Crippen LogP contribution in [0.2, 0.25) is 0 Å². The van der Waals surface area contributed by atoms with E-state index in [9.17, 15) is 19.4 Å². The first-order chi connectivity index (χ1) is 22.3. The number of phosphoric acid groups is 1. The zero-order valence-electron chi connectivity index (χ0n) is 29.3. The number of aliphatic hydroxyl groups is 2. The van der Waals surface area contributed by atoms with E-state index in [0.717, 1.165) is 51.4 Å². The van der Waals surface area contributed by atoms with Crippen LogP contribution in [0.15, 0.2) is 24.3 Å². The highest BCUT2D eigenvalue weighted by Crippen LogP contribution is 2.43. The molecule has 0 aliphatic carbocycles. The first-order valence-corrected chi connectivity index (χ1v) is 19.8. The first kappa shape index (κ1) is 44.9. The molecule has 0 rings (SSSR count). The van der Waals surface area contributed by atoms with Gasteiger partial charge in [0.15, 0.2) is 0 Å². The molecule has 0 heterocycles. The highest BCUT2D eigenvalue weighted by molar-refractivity contribution is 7.47. The Labute approximate surface area is 281 Å². The summed E-state index contributed by atoms with van der Waals surface area (Å²) in [5.74, 6) is -0.392. The number of carbonyl (C=O) groups excluding carboxylic acids is 1. The van der Waals surface area contributed by atoms with Gasteiger partial charge in [-0.05, 0) is 44.9 Å². The lowest BCUT2D eigenvalue weighted by atomic mass is 10.1. The zero-order valence-corrected chi connectivity index (χ0v) is 30.2. The number of allylic oxidation sites excluding steroid dienone is 4. The molecule has 0 radical (unpaired) electrons. The molecular weight excluding hydrogens is 607 g/mol. The smallest absolute Gasteiger partial charge is 0.457 e. The summed E-state index contributed by atoms with van der Waals surface area (Å²) in [5, 5.41) is 18.2. The maximum Gasteiger partial charge on any atom is 0.472 e. The maximum atomic E-state index is 12.4. The van der Waals surface area contributed by atoms with E-state index in [1.54, 1.807) is 0 Å². The van der Waals surface area contributed by atoms with E-state index in [2.05, 4.69) is 38.2 Å². The number of hydrogen-bond acceptors (Lipinski definition) is 8. The topological polar surface area (TPSA) is 132 Å². The van der Waals surface area contributed by atoms with Crippen molar-refractivity contribution in [2.75, 3.05) is 33.0 Å². The number of ether oxygens (including phenoxy) is 2. The molecule has 3 N–H and O–H groups in total. The minimum atomic E-state index is -4.50. The molecule has 3 unspecified atom stereocenters. The van der Waals surface area contributed by atoms with Gasteiger partial charge in [0.05, 0.1) is 26.4 Å². The van der Waals surface area contributed by atoms with Crippen LogP contribution in [0.1, 0.15) is 155 Å². The van der Waals surface area contributed by atoms with Crippen LogP contribution < -0.4 is 0 Å². The van der Waals surface area contributed by atoms with E-state index in [0.29, 0.717) is 6.61 Å². The van der Waals surface area contributed by atoms with E-state index in [-0.39, 0.29) is 19.6 Å². The first-order valence-electron chi connectivity index (χ1n) is 18.3. The fourth-order valence-electron chi connectivity index (χ4n) is 4.80. The quantitative estimate of drug-likeness (QED) is 0.0260. The van der Waals surface area contributed by atoms with Crippen molar-refractivity contribution in [3.63, 3.8) is 0 Å². The van der Waals surface area contributed by atoms with Crippen LogP contribution in [0.5, 0.6) is 0 Å². The number of phosphoric ester groups is 1. The van der Waals surface area contributed by atoms with Gasteiger partial charge >= 0.3 is 13.8 Å². The Hall–Kier alpha value is -1.06. The van der Waals surface area contributed by atoms with Crippen molar-refractivity contribution in [1.82, 2.24) is 0 Å². The molecule has 272 valence electrons. The number of rotatable bonds is 35. The van der Waals surface area contributed by atoms with Crippen molar-refractivity contribution in [2.45, 2.75) is 167 Å². The van der Waals surface area contributed by atoms with Crippen LogP contribution >= 0.6 is 7.82 Å². The molecule has 10 heteroatoms. The number of unbranched alkanes of at least 4 members (excludes halogenated alkanes) is 17. The molecule has 0 aliphatic heterocycles. The fourth-order valence-corrected chi connectivity index (χ4v) is 5.59. The molecule has 3 atom stereocenters. The predicted octanol–water partition coefficient (Wildman–Crippen LogP) is 9.14. The fraction of sp³-hybridized carbons (Fsp3) is 0.861. The molecule has 9 nitrogen and oxygen atoms in total. The van der Waals surface area contributed by atoms with Gasteiger partial charge < -0.3 is 24.6 Å². The molecule has 0 spiro atoms. The number of aliphatic hydroxyl groups excluding tert-OH is 2. The minimum absolute atomic E-state index is 0.0445. The SMILES string of the molecule is CCCCCC/C=C\C/C=C\CCCCCCCCOCC(COP(=O)(O)OCC(O)CO)OC(=O)CCCCCCCCCC. The summed E-state index contributed by atoms with van der Waals surface area (Å²) in [6.45, 7) is 3.43. The van der Waals surface area contributed by atoms with Crippen LogP contribution in [0.4, 0.5) is 0 Å². The lowest BCUT2D eigenvalue weighted by molar-refractivity contribution is -0.154. The molecule has 0 bridgehead atoms. The molecule has 0 aliphatic rings. The maximum absolute atomic E-state index is 12.4. The van der Waals surface area contributed by atoms with Gasteiger partial charge in [-0.1, -0.05) is 128 Å². The average Bonchev–Trinajstić information content (AvgIpc) is 3.04. The summed E-state index contributed by atoms with van der Waals surface area (Å²) < 4.78 is 33.1. The summed E-state index contributed by atoms with van der Waals surface area (Å²) in [7, 11) is -4.50. The molecule has 0 saturated carbocycles. The van der Waals surface area contributed by atoms with Crippen LogP contribution in [0.25, 0.3) is 0 Å². The van der Waals surface area contributed by atoms with Gasteiger partial charge in [-0.2, -0.15) is 0 Å². The van der Waals surface area contributed by atoms with Gasteiger partial charge in [0, 0.05) is 13.0 Å². The monoisotopic (exact) mass is 676 g/mol. The van der Waals surface area contributed by atoms with Gasteiger partial charge in [-0.3, -0.25) is 13.8 Å². The van der Waals surface area contributed by atoms with Crippen LogP contribution in [-0.4, -0.2) is 66.3 Å². The molecule has 0 aromatic rings. The van der Waals surface area contributed by atoms with Gasteiger partial charge in [-0.25, -0.2) is 4.57 Å². The average molecular weight is 677 g/mol. The summed E-state index contributed by atoms with van der Waals surface area (Å²) in [4.78, 5) is 22.3.